The van der Waals surface area contributed by atoms with Gasteiger partial charge in [-0.25, -0.2) is 22.9 Å². The van der Waals surface area contributed by atoms with Gasteiger partial charge in [0.1, 0.15) is 78.4 Å². The number of phenolic OH excluding ortho intramolecular Hbond substituents is 1. The second-order valence-corrected chi connectivity index (χ2v) is 33.9. The van der Waals surface area contributed by atoms with Gasteiger partial charge in [0.15, 0.2) is 17.4 Å². The lowest BCUT2D eigenvalue weighted by Crippen LogP contribution is -2.61. The highest BCUT2D eigenvalue weighted by Crippen LogP contribution is 2.36. The van der Waals surface area contributed by atoms with Crippen molar-refractivity contribution in [2.75, 3.05) is 34.3 Å². The van der Waals surface area contributed by atoms with E-state index in [-0.39, 0.29) is 87.5 Å². The van der Waals surface area contributed by atoms with Crippen LogP contribution in [0.2, 0.25) is 0 Å². The highest BCUT2D eigenvalue weighted by atomic mass is 19.1. The van der Waals surface area contributed by atoms with E-state index >= 15 is 28.8 Å². The number of fused-ring (bicyclic) bond motifs is 2. The predicted molar refractivity (Wildman–Crippen MR) is 451 cm³/mol. The van der Waals surface area contributed by atoms with Crippen LogP contribution in [0.15, 0.2) is 158 Å². The lowest BCUT2D eigenvalue weighted by Gasteiger charge is -2.37. The number of carbonyl (C=O) groups is 11. The fraction of sp³-hybridized carbons (Fsp3) is 0.411. The third kappa shape index (κ3) is 22.0. The zero-order valence-electron chi connectivity index (χ0n) is 70.9. The van der Waals surface area contributed by atoms with Crippen LogP contribution in [-0.4, -0.2) is 199 Å². The molecular weight excluding hydrogens is 1600 g/mol. The van der Waals surface area contributed by atoms with E-state index in [4.69, 9.17) is 14.2 Å². The average Bonchev–Trinajstić information content (AvgIpc) is 1.62. The van der Waals surface area contributed by atoms with Gasteiger partial charge in [-0.3, -0.25) is 53.3 Å². The number of imide groups is 1. The maximum Gasteiger partial charge on any atom is 0.328 e. The maximum atomic E-state index is 15.8. The number of likely N-dealkylation sites (N-methyl/N-ethyl adjacent to an activating group) is 2. The molecule has 15 rings (SSSR count). The van der Waals surface area contributed by atoms with Crippen LogP contribution in [0.1, 0.15) is 126 Å². The Hall–Kier alpha value is -13.1. The van der Waals surface area contributed by atoms with E-state index in [9.17, 15) is 37.9 Å². The molecule has 10 N–H and O–H groups in total. The second kappa shape index (κ2) is 39.4. The van der Waals surface area contributed by atoms with Crippen molar-refractivity contribution < 1.29 is 80.8 Å². The fourth-order valence-corrected chi connectivity index (χ4v) is 15.6. The molecule has 2 fully saturated rings. The van der Waals surface area contributed by atoms with Crippen molar-refractivity contribution in [3.05, 3.63) is 209 Å². The van der Waals surface area contributed by atoms with E-state index in [1.54, 1.807) is 130 Å². The quantitative estimate of drug-likeness (QED) is 0.0406. The first-order valence-electron chi connectivity index (χ1n) is 41.2. The monoisotopic (exact) mass is 1700 g/mol. The van der Waals surface area contributed by atoms with Crippen LogP contribution < -0.4 is 57.3 Å². The zero-order valence-corrected chi connectivity index (χ0v) is 70.9. The topological polar surface area (TPSA) is 412 Å². The molecule has 12 atom stereocenters. The summed E-state index contributed by atoms with van der Waals surface area (Å²) in [7, 11) is 4.36. The van der Waals surface area contributed by atoms with Gasteiger partial charge in [0.25, 0.3) is 5.91 Å². The first-order valence-corrected chi connectivity index (χ1v) is 41.2. The highest BCUT2D eigenvalue weighted by molar-refractivity contribution is 6.03. The number of aromatic hydroxyl groups is 1. The minimum absolute atomic E-state index is 0.0264. The number of likely N-dealkylation sites (tertiary alicyclic amines) is 2. The highest BCUT2D eigenvalue weighted by Gasteiger charge is 2.51. The summed E-state index contributed by atoms with van der Waals surface area (Å²) in [5.41, 5.74) is 0.778. The van der Waals surface area contributed by atoms with Gasteiger partial charge < -0.3 is 71.7 Å². The maximum absolute atomic E-state index is 15.8. The number of phenols is 1. The lowest BCUT2D eigenvalue weighted by atomic mass is 9.85. The SMILES string of the molecule is CN[C@@H](C)C(=O)N[C@H](C(=O)N1CC[C@@H]2[C@H]1C(=O)NC(=O)C[C@@H](Cc1ccc3ccccc3c1)C(=O)N[C@H](C(=O)NCc1cc(F)c(O)c(F)c1)Cc1ccc(cc1)OCc1cn(nn1)[C@@H]1CCN(C(=O)[C@@H](NC(=O)[C@H](C)NC)C(C)(C)C)[C@@H]1C(=O)N[C@@H](Cc1ccc3ccccc3c1)C(=O)N[C@H](C(=O)OC)Cc1ccc(cc1)OCc1cn2nn1)C(C)(C)C. The molecule has 6 aliphatic heterocycles. The Bertz CT molecular complexity index is 5420. The van der Waals surface area contributed by atoms with E-state index < -0.39 is 179 Å². The molecule has 10 amide bonds. The lowest BCUT2D eigenvalue weighted by molar-refractivity contribution is -0.146. The first kappa shape index (κ1) is 90.1. The Morgan fingerprint density at radius 2 is 1.00 bits per heavy atom. The van der Waals surface area contributed by atoms with Crippen molar-refractivity contribution in [3.8, 4) is 17.2 Å². The van der Waals surface area contributed by atoms with Crippen LogP contribution in [0.25, 0.3) is 21.5 Å². The number of hydrogen-bond acceptors (Lipinski definition) is 21. The Morgan fingerprint density at radius 1 is 0.548 bits per heavy atom. The number of hydrogen-bond donors (Lipinski definition) is 10. The summed E-state index contributed by atoms with van der Waals surface area (Å²) < 4.78 is 50.2. The van der Waals surface area contributed by atoms with Crippen molar-refractivity contribution >= 4 is 86.6 Å². The van der Waals surface area contributed by atoms with Gasteiger partial charge in [-0.1, -0.05) is 161 Å². The van der Waals surface area contributed by atoms with Gasteiger partial charge in [0.2, 0.25) is 53.2 Å². The largest absolute Gasteiger partial charge is 0.503 e. The number of amides is 10. The first-order chi connectivity index (χ1) is 59.1. The van der Waals surface area contributed by atoms with Crippen molar-refractivity contribution in [3.63, 3.8) is 0 Å². The number of rotatable bonds is 16. The van der Waals surface area contributed by atoms with Gasteiger partial charge in [0.05, 0.1) is 49.6 Å². The number of nitrogens with one attached hydrogen (secondary N) is 9. The normalized spacial score (nSPS) is 20.7. The number of aromatic nitrogens is 6. The molecule has 0 radical (unpaired) electrons. The Morgan fingerprint density at radius 3 is 1.47 bits per heavy atom. The standard InChI is InChI=1S/C90H105F2N17O15/c1-50(93-9)79(112)100-77(89(3,4)5)86(119)106-34-32-71-74(106)84(117)97-69(43-55-21-27-58-17-13-15-19-60(58)37-55)83(116)98-70(88(121)122-11)42-53-24-30-65(31-25-53)124-49-63-47-109(105-103-63)72-33-35-107(87(120)78(90(6,7)8)101-80(113)51(2)94-10)75(72)85(118)99-73(110)44-61(38-54-20-26-57-16-12-14-18-59(57)36-54)81(114)96-68(82(115)95-45-56-39-66(91)76(111)67(92)40-56)41-52-22-28-64(29-23-52)123-48-62-46-108(71)104-102-62/h12-31,36-37,39-40,46-47,50-51,61,68-72,74-75,77-78,93-94,111H,32-35,38,41-45,48-49H2,1-11H3,(H,95,115)(H,96,114)(H,97,117)(H,98,116)(H,100,112)(H,101,113)(H,99,110,118)/t50-,51-,61+,68-,69-,70-,71+,72+,74-,75-,77+,78+/m0/s1. The second-order valence-electron chi connectivity index (χ2n) is 33.9. The Balaban J connectivity index is 0.909. The summed E-state index contributed by atoms with van der Waals surface area (Å²) in [5, 5.41) is 56.4. The van der Waals surface area contributed by atoms with Crippen LogP contribution in [0.3, 0.4) is 0 Å². The van der Waals surface area contributed by atoms with E-state index in [1.165, 1.54) is 32.5 Å². The number of carbonyl (C=O) groups excluding carboxylic acids is 11. The summed E-state index contributed by atoms with van der Waals surface area (Å²) in [6, 6.07) is 27.8. The molecule has 0 spiro atoms. The van der Waals surface area contributed by atoms with Crippen LogP contribution in [0.5, 0.6) is 17.2 Å². The molecule has 34 heteroatoms. The molecular formula is C90H105F2N17O15. The third-order valence-corrected chi connectivity index (χ3v) is 22.8. The number of halogens is 2. The fourth-order valence-electron chi connectivity index (χ4n) is 15.6. The number of methoxy groups -OCH3 is 1. The molecule has 124 heavy (non-hydrogen) atoms. The molecule has 2 aromatic heterocycles. The molecule has 7 aromatic carbocycles. The molecule has 0 unspecified atom stereocenters. The molecule has 9 aromatic rings. The van der Waals surface area contributed by atoms with Crippen molar-refractivity contribution in [1.82, 2.24) is 87.6 Å². The number of ether oxygens (including phenoxy) is 3. The summed E-state index contributed by atoms with van der Waals surface area (Å²) in [4.78, 5) is 166. The minimum Gasteiger partial charge on any atom is -0.503 e. The van der Waals surface area contributed by atoms with Gasteiger partial charge in [-0.2, -0.15) is 0 Å². The Kier molecular flexibility index (Phi) is 28.6. The van der Waals surface area contributed by atoms with E-state index in [1.807, 2.05) is 78.9 Å². The number of esters is 1. The molecule has 0 aliphatic carbocycles. The van der Waals surface area contributed by atoms with Crippen LogP contribution in [-0.2, 0) is 103 Å². The molecule has 2 saturated heterocycles. The smallest absolute Gasteiger partial charge is 0.328 e. The Labute approximate surface area is 715 Å². The molecule has 6 aliphatic rings. The van der Waals surface area contributed by atoms with E-state index in [0.29, 0.717) is 28.0 Å². The van der Waals surface area contributed by atoms with Crippen molar-refractivity contribution in [1.29, 1.82) is 0 Å². The van der Waals surface area contributed by atoms with Gasteiger partial charge in [-0.15, -0.1) is 10.2 Å². The summed E-state index contributed by atoms with van der Waals surface area (Å²) in [5.74, 6) is -12.7. The van der Waals surface area contributed by atoms with Gasteiger partial charge in [0, 0.05) is 45.3 Å². The van der Waals surface area contributed by atoms with Gasteiger partial charge in [-0.05, 0) is 144 Å². The van der Waals surface area contributed by atoms with Crippen LogP contribution >= 0.6 is 0 Å². The number of benzene rings is 7. The van der Waals surface area contributed by atoms with Crippen molar-refractivity contribution in [2.24, 2.45) is 16.7 Å². The molecule has 654 valence electrons. The number of nitrogens with zero attached hydrogens (tertiary/aromatic N) is 8. The zero-order chi connectivity index (χ0) is 89.0. The summed E-state index contributed by atoms with van der Waals surface area (Å²) in [6.07, 6.45) is 2.01. The third-order valence-electron chi connectivity index (χ3n) is 22.8. The molecule has 8 heterocycles. The van der Waals surface area contributed by atoms with Gasteiger partial charge >= 0.3 is 5.97 Å². The van der Waals surface area contributed by atoms with Crippen molar-refractivity contribution in [2.45, 2.75) is 187 Å². The minimum atomic E-state index is -1.50. The molecule has 0 saturated carbocycles. The van der Waals surface area contributed by atoms with Crippen LogP contribution in [0, 0.1) is 28.4 Å². The predicted octanol–water partition coefficient (Wildman–Crippen LogP) is 5.76. The molecule has 32 nitrogen and oxygen atoms in total. The van der Waals surface area contributed by atoms with E-state index in [2.05, 4.69) is 68.5 Å². The average molecular weight is 1700 g/mol. The molecule has 8 bridgehead atoms. The summed E-state index contributed by atoms with van der Waals surface area (Å²) in [6.45, 7) is 12.8. The van der Waals surface area contributed by atoms with E-state index in [0.717, 1.165) is 33.7 Å². The van der Waals surface area contributed by atoms with Crippen LogP contribution in [0.4, 0.5) is 8.78 Å². The summed E-state index contributed by atoms with van der Waals surface area (Å²) >= 11 is 0.